The van der Waals surface area contributed by atoms with Crippen LogP contribution in [-0.4, -0.2) is 19.5 Å². The molecule has 0 amide bonds. The molecule has 0 spiro atoms. The van der Waals surface area contributed by atoms with Crippen LogP contribution in [0.1, 0.15) is 0 Å². The Bertz CT molecular complexity index is 3200. The first-order chi connectivity index (χ1) is 26.3. The van der Waals surface area contributed by atoms with Gasteiger partial charge in [0.1, 0.15) is 0 Å². The monoisotopic (exact) mass is 674 g/mol. The van der Waals surface area contributed by atoms with E-state index in [1.54, 1.807) is 0 Å². The Labute approximate surface area is 305 Å². The predicted octanol–water partition coefficient (Wildman–Crippen LogP) is 12.6. The third kappa shape index (κ3) is 4.66. The summed E-state index contributed by atoms with van der Waals surface area (Å²) >= 11 is 0. The molecule has 2 aromatic heterocycles. The van der Waals surface area contributed by atoms with Gasteiger partial charge in [0.15, 0.2) is 11.6 Å². The first kappa shape index (κ1) is 29.5. The molecule has 0 radical (unpaired) electrons. The summed E-state index contributed by atoms with van der Waals surface area (Å²) < 4.78 is 2.23. The lowest BCUT2D eigenvalue weighted by atomic mass is 9.90. The third-order valence-electron chi connectivity index (χ3n) is 10.6. The molecule has 0 aliphatic rings. The Morgan fingerprint density at radius 1 is 0.302 bits per heavy atom. The number of hydrogen-bond acceptors (Lipinski definition) is 3. The van der Waals surface area contributed by atoms with Crippen LogP contribution in [0.15, 0.2) is 182 Å². The quantitative estimate of drug-likeness (QED) is 0.175. The van der Waals surface area contributed by atoms with Crippen molar-refractivity contribution in [1.29, 1.82) is 0 Å². The van der Waals surface area contributed by atoms with Crippen molar-refractivity contribution in [2.45, 2.75) is 0 Å². The van der Waals surface area contributed by atoms with Gasteiger partial charge in [-0.3, -0.25) is 4.57 Å². The van der Waals surface area contributed by atoms with Crippen molar-refractivity contribution in [3.63, 3.8) is 0 Å². The number of aromatic nitrogens is 4. The molecule has 0 N–H and O–H groups in total. The summed E-state index contributed by atoms with van der Waals surface area (Å²) in [5.74, 6) is 1.84. The van der Waals surface area contributed by atoms with Gasteiger partial charge in [-0.25, -0.2) is 4.98 Å². The summed E-state index contributed by atoms with van der Waals surface area (Å²) in [6, 6.07) is 64.5. The Kier molecular flexibility index (Phi) is 6.52. The molecule has 53 heavy (non-hydrogen) atoms. The zero-order valence-electron chi connectivity index (χ0n) is 28.6. The SMILES string of the molecule is c1ccc(-c2ccc(-c3nc(-c4ccccc4)nc(-n4c5ccccc5c5cc6c7ccccc7c7ccc8ccccc8c7c6cc54)n3)cc2)cc1. The minimum Gasteiger partial charge on any atom is -0.278 e. The molecule has 11 aromatic rings. The van der Waals surface area contributed by atoms with Crippen molar-refractivity contribution in [2.24, 2.45) is 0 Å². The van der Waals surface area contributed by atoms with Crippen LogP contribution < -0.4 is 0 Å². The van der Waals surface area contributed by atoms with Crippen LogP contribution in [0.5, 0.6) is 0 Å². The summed E-state index contributed by atoms with van der Waals surface area (Å²) in [4.78, 5) is 15.5. The fourth-order valence-electron chi connectivity index (χ4n) is 8.15. The van der Waals surface area contributed by atoms with E-state index in [4.69, 9.17) is 15.0 Å². The molecule has 11 rings (SSSR count). The van der Waals surface area contributed by atoms with Gasteiger partial charge in [-0.15, -0.1) is 0 Å². The van der Waals surface area contributed by atoms with Gasteiger partial charge < -0.3 is 0 Å². The van der Waals surface area contributed by atoms with Crippen molar-refractivity contribution in [2.75, 3.05) is 0 Å². The van der Waals surface area contributed by atoms with Crippen LogP contribution in [0.25, 0.3) is 105 Å². The minimum absolute atomic E-state index is 0.585. The second kappa shape index (κ2) is 11.7. The van der Waals surface area contributed by atoms with E-state index in [9.17, 15) is 0 Å². The van der Waals surface area contributed by atoms with Gasteiger partial charge in [0.2, 0.25) is 5.95 Å². The maximum atomic E-state index is 5.26. The van der Waals surface area contributed by atoms with Gasteiger partial charge >= 0.3 is 0 Å². The van der Waals surface area contributed by atoms with E-state index >= 15 is 0 Å². The maximum Gasteiger partial charge on any atom is 0.238 e. The lowest BCUT2D eigenvalue weighted by Gasteiger charge is -2.14. The molecule has 0 aliphatic heterocycles. The van der Waals surface area contributed by atoms with Gasteiger partial charge in [-0.2, -0.15) is 9.97 Å². The van der Waals surface area contributed by atoms with Gasteiger partial charge in [0.05, 0.1) is 11.0 Å². The van der Waals surface area contributed by atoms with Gasteiger partial charge in [-0.1, -0.05) is 164 Å². The molecule has 0 saturated heterocycles. The molecule has 2 heterocycles. The third-order valence-corrected chi connectivity index (χ3v) is 10.6. The van der Waals surface area contributed by atoms with Crippen LogP contribution in [0.2, 0.25) is 0 Å². The maximum absolute atomic E-state index is 5.26. The average molecular weight is 675 g/mol. The molecule has 9 aromatic carbocycles. The van der Waals surface area contributed by atoms with E-state index in [-0.39, 0.29) is 0 Å². The molecule has 0 unspecified atom stereocenters. The van der Waals surface area contributed by atoms with Crippen molar-refractivity contribution in [3.05, 3.63) is 182 Å². The van der Waals surface area contributed by atoms with Crippen molar-refractivity contribution in [3.8, 4) is 39.9 Å². The number of rotatable bonds is 4. The van der Waals surface area contributed by atoms with E-state index < -0.39 is 0 Å². The predicted molar refractivity (Wildman–Crippen MR) is 220 cm³/mol. The normalized spacial score (nSPS) is 11.8. The Morgan fingerprint density at radius 3 is 1.58 bits per heavy atom. The summed E-state index contributed by atoms with van der Waals surface area (Å²) in [7, 11) is 0. The fraction of sp³-hybridized carbons (Fsp3) is 0. The Hall–Kier alpha value is -7.17. The highest BCUT2D eigenvalue weighted by Gasteiger charge is 2.20. The smallest absolute Gasteiger partial charge is 0.238 e. The second-order valence-electron chi connectivity index (χ2n) is 13.6. The van der Waals surface area contributed by atoms with Crippen LogP contribution in [0.4, 0.5) is 0 Å². The molecule has 0 saturated carbocycles. The minimum atomic E-state index is 0.585. The number of fused-ring (bicyclic) bond motifs is 11. The highest BCUT2D eigenvalue weighted by Crippen LogP contribution is 2.43. The Balaban J connectivity index is 1.23. The zero-order valence-corrected chi connectivity index (χ0v) is 28.6. The summed E-state index contributed by atoms with van der Waals surface area (Å²) in [5.41, 5.74) is 6.29. The Morgan fingerprint density at radius 2 is 0.849 bits per heavy atom. The highest BCUT2D eigenvalue weighted by atomic mass is 15.2. The number of benzene rings is 9. The van der Waals surface area contributed by atoms with Crippen LogP contribution >= 0.6 is 0 Å². The highest BCUT2D eigenvalue weighted by molar-refractivity contribution is 6.33. The van der Waals surface area contributed by atoms with Gasteiger partial charge in [0, 0.05) is 21.9 Å². The lowest BCUT2D eigenvalue weighted by Crippen LogP contribution is -2.06. The van der Waals surface area contributed by atoms with E-state index in [0.717, 1.165) is 38.5 Å². The molecule has 0 aliphatic carbocycles. The standard InChI is InChI=1S/C49H30N4/c1-3-13-31(14-4-1)32-23-25-35(26-24-32)48-50-47(34-16-5-2-6-17-34)51-49(52-48)53-44-22-12-11-21-39(44)42-29-41-38-20-10-9-19-37(38)40-28-27-33-15-7-8-18-36(33)46(40)43(41)30-45(42)53/h1-30H. The second-order valence-corrected chi connectivity index (χ2v) is 13.6. The molecule has 0 bridgehead atoms. The molecule has 246 valence electrons. The molecule has 4 nitrogen and oxygen atoms in total. The van der Waals surface area contributed by atoms with Gasteiger partial charge in [0.25, 0.3) is 0 Å². The first-order valence-electron chi connectivity index (χ1n) is 18.0. The summed E-state index contributed by atoms with van der Waals surface area (Å²) in [5, 5.41) is 12.3. The van der Waals surface area contributed by atoms with E-state index in [1.807, 2.05) is 24.3 Å². The molecular weight excluding hydrogens is 645 g/mol. The van der Waals surface area contributed by atoms with Crippen molar-refractivity contribution >= 4 is 64.9 Å². The van der Waals surface area contributed by atoms with Gasteiger partial charge in [-0.05, 0) is 72.4 Å². The van der Waals surface area contributed by atoms with Crippen LogP contribution in [0, 0.1) is 0 Å². The lowest BCUT2D eigenvalue weighted by molar-refractivity contribution is 0.954. The fourth-order valence-corrected chi connectivity index (χ4v) is 8.15. The van der Waals surface area contributed by atoms with Crippen molar-refractivity contribution in [1.82, 2.24) is 19.5 Å². The van der Waals surface area contributed by atoms with E-state index in [2.05, 4.69) is 162 Å². The van der Waals surface area contributed by atoms with Crippen molar-refractivity contribution < 1.29 is 0 Å². The average Bonchev–Trinajstić information content (AvgIpc) is 3.56. The zero-order chi connectivity index (χ0) is 34.9. The largest absolute Gasteiger partial charge is 0.278 e. The topological polar surface area (TPSA) is 43.6 Å². The number of nitrogens with zero attached hydrogens (tertiary/aromatic N) is 4. The van der Waals surface area contributed by atoms with E-state index in [1.165, 1.54) is 48.7 Å². The molecule has 0 fully saturated rings. The number of para-hydroxylation sites is 1. The summed E-state index contributed by atoms with van der Waals surface area (Å²) in [6.45, 7) is 0. The van der Waals surface area contributed by atoms with Crippen LogP contribution in [-0.2, 0) is 0 Å². The first-order valence-corrected chi connectivity index (χ1v) is 18.0. The molecule has 0 atom stereocenters. The molecular formula is C49H30N4. The summed E-state index contributed by atoms with van der Waals surface area (Å²) in [6.07, 6.45) is 0. The van der Waals surface area contributed by atoms with E-state index in [0.29, 0.717) is 17.6 Å². The number of hydrogen-bond donors (Lipinski definition) is 0. The molecule has 4 heteroatoms. The van der Waals surface area contributed by atoms with Crippen LogP contribution in [0.3, 0.4) is 0 Å².